The lowest BCUT2D eigenvalue weighted by molar-refractivity contribution is -0.114. The van der Waals surface area contributed by atoms with Gasteiger partial charge in [-0.05, 0) is 59.8 Å². The maximum Gasteiger partial charge on any atom is 0.236 e. The van der Waals surface area contributed by atoms with E-state index in [1.807, 2.05) is 25.1 Å². The van der Waals surface area contributed by atoms with E-state index in [-0.39, 0.29) is 17.6 Å². The fourth-order valence-corrected chi connectivity index (χ4v) is 4.42. The quantitative estimate of drug-likeness (QED) is 0.377. The monoisotopic (exact) mass is 469 g/mol. The highest BCUT2D eigenvalue weighted by molar-refractivity contribution is 7.99. The van der Waals surface area contributed by atoms with Gasteiger partial charge >= 0.3 is 0 Å². The van der Waals surface area contributed by atoms with E-state index in [2.05, 4.69) is 31.1 Å². The van der Waals surface area contributed by atoms with Crippen molar-refractivity contribution in [3.05, 3.63) is 42.5 Å². The standard InChI is InChI=1S/C20H19N7O3S2/c1-3-30-15-8-9-16-17(10-15)32-19(22-16)23-18(29)11-31-20-24-25-26-27(20)14-6-4-13(5-7-14)21-12(2)28/h4-10H,3,11H2,1-2H3,(H,21,28)(H,22,23,29). The van der Waals surface area contributed by atoms with Crippen LogP contribution in [0.15, 0.2) is 47.6 Å². The SMILES string of the molecule is CCOc1ccc2nc(NC(=O)CSc3nnnn3-c3ccc(NC(C)=O)cc3)sc2c1. The van der Waals surface area contributed by atoms with Crippen molar-refractivity contribution in [2.24, 2.45) is 0 Å². The van der Waals surface area contributed by atoms with Gasteiger partial charge in [0.1, 0.15) is 5.75 Å². The van der Waals surface area contributed by atoms with Crippen LogP contribution in [0.5, 0.6) is 5.75 Å². The molecule has 0 saturated carbocycles. The van der Waals surface area contributed by atoms with Crippen molar-refractivity contribution < 1.29 is 14.3 Å². The molecule has 2 N–H and O–H groups in total. The minimum Gasteiger partial charge on any atom is -0.494 e. The lowest BCUT2D eigenvalue weighted by atomic mass is 10.3. The number of nitrogens with zero attached hydrogens (tertiary/aromatic N) is 5. The highest BCUT2D eigenvalue weighted by Gasteiger charge is 2.14. The van der Waals surface area contributed by atoms with Gasteiger partial charge in [0.15, 0.2) is 5.13 Å². The molecular formula is C20H19N7O3S2. The Kier molecular flexibility index (Phi) is 6.61. The van der Waals surface area contributed by atoms with E-state index in [1.165, 1.54) is 34.7 Å². The Hall–Kier alpha value is -3.51. The van der Waals surface area contributed by atoms with Crippen molar-refractivity contribution in [3.63, 3.8) is 0 Å². The van der Waals surface area contributed by atoms with Crippen LogP contribution in [0.1, 0.15) is 13.8 Å². The van der Waals surface area contributed by atoms with Gasteiger partial charge in [-0.2, -0.15) is 4.68 Å². The number of fused-ring (bicyclic) bond motifs is 1. The van der Waals surface area contributed by atoms with E-state index in [1.54, 1.807) is 24.3 Å². The summed E-state index contributed by atoms with van der Waals surface area (Å²) in [4.78, 5) is 28.0. The number of tetrazole rings is 1. The summed E-state index contributed by atoms with van der Waals surface area (Å²) < 4.78 is 7.97. The van der Waals surface area contributed by atoms with Crippen LogP contribution >= 0.6 is 23.1 Å². The number of hydrogen-bond acceptors (Lipinski definition) is 9. The van der Waals surface area contributed by atoms with E-state index in [0.717, 1.165) is 16.0 Å². The van der Waals surface area contributed by atoms with Gasteiger partial charge in [0.25, 0.3) is 0 Å². The molecule has 0 saturated heterocycles. The number of benzene rings is 2. The zero-order chi connectivity index (χ0) is 22.5. The van der Waals surface area contributed by atoms with Crippen molar-refractivity contribution in [2.75, 3.05) is 23.0 Å². The first-order chi connectivity index (χ1) is 15.5. The fraction of sp³-hybridized carbons (Fsp3) is 0.200. The van der Waals surface area contributed by atoms with Crippen LogP contribution in [0.2, 0.25) is 0 Å². The predicted molar refractivity (Wildman–Crippen MR) is 124 cm³/mol. The lowest BCUT2D eigenvalue weighted by Crippen LogP contribution is -2.14. The molecule has 0 fully saturated rings. The zero-order valence-electron chi connectivity index (χ0n) is 17.2. The summed E-state index contributed by atoms with van der Waals surface area (Å²) >= 11 is 2.60. The van der Waals surface area contributed by atoms with Crippen LogP contribution in [-0.2, 0) is 9.59 Å². The molecule has 32 heavy (non-hydrogen) atoms. The molecule has 0 atom stereocenters. The van der Waals surface area contributed by atoms with Crippen molar-refractivity contribution in [1.82, 2.24) is 25.2 Å². The number of anilines is 2. The maximum atomic E-state index is 12.4. The number of carbonyl (C=O) groups is 2. The molecule has 2 aromatic carbocycles. The third-order valence-corrected chi connectivity index (χ3v) is 5.98. The van der Waals surface area contributed by atoms with Gasteiger partial charge in [-0.1, -0.05) is 23.1 Å². The summed E-state index contributed by atoms with van der Waals surface area (Å²) in [7, 11) is 0. The Morgan fingerprint density at radius 2 is 1.97 bits per heavy atom. The molecule has 0 bridgehead atoms. The minimum absolute atomic E-state index is 0.116. The highest BCUT2D eigenvalue weighted by atomic mass is 32.2. The summed E-state index contributed by atoms with van der Waals surface area (Å²) in [5.41, 5.74) is 2.18. The van der Waals surface area contributed by atoms with Crippen LogP contribution in [0, 0.1) is 0 Å². The molecule has 10 nitrogen and oxygen atoms in total. The number of aromatic nitrogens is 5. The van der Waals surface area contributed by atoms with Gasteiger partial charge in [-0.3, -0.25) is 9.59 Å². The summed E-state index contributed by atoms with van der Waals surface area (Å²) in [6.45, 7) is 3.96. The molecule has 0 radical (unpaired) electrons. The first-order valence-corrected chi connectivity index (χ1v) is 11.4. The molecule has 0 aliphatic heterocycles. The van der Waals surface area contributed by atoms with Crippen LogP contribution in [0.25, 0.3) is 15.9 Å². The second-order valence-corrected chi connectivity index (χ2v) is 8.49. The molecule has 0 spiro atoms. The summed E-state index contributed by atoms with van der Waals surface area (Å²) in [5, 5.41) is 18.2. The Morgan fingerprint density at radius 3 is 2.72 bits per heavy atom. The Labute approximate surface area is 191 Å². The Balaban J connectivity index is 1.38. The third kappa shape index (κ3) is 5.21. The van der Waals surface area contributed by atoms with Crippen LogP contribution in [0.4, 0.5) is 10.8 Å². The summed E-state index contributed by atoms with van der Waals surface area (Å²) in [5.74, 6) is 0.527. The first kappa shape index (κ1) is 21.7. The fourth-order valence-electron chi connectivity index (χ4n) is 2.82. The normalized spacial score (nSPS) is 10.8. The maximum absolute atomic E-state index is 12.4. The van der Waals surface area contributed by atoms with Crippen molar-refractivity contribution >= 4 is 55.9 Å². The molecule has 0 aliphatic carbocycles. The zero-order valence-corrected chi connectivity index (χ0v) is 18.9. The number of ether oxygens (including phenoxy) is 1. The highest BCUT2D eigenvalue weighted by Crippen LogP contribution is 2.29. The summed E-state index contributed by atoms with van der Waals surface area (Å²) in [6.07, 6.45) is 0. The molecule has 0 unspecified atom stereocenters. The Morgan fingerprint density at radius 1 is 1.16 bits per heavy atom. The van der Waals surface area contributed by atoms with E-state index in [4.69, 9.17) is 4.74 Å². The number of amides is 2. The summed E-state index contributed by atoms with van der Waals surface area (Å²) in [6, 6.07) is 12.7. The van der Waals surface area contributed by atoms with Crippen molar-refractivity contribution in [1.29, 1.82) is 0 Å². The number of thioether (sulfide) groups is 1. The molecule has 2 heterocycles. The Bertz CT molecular complexity index is 1250. The first-order valence-electron chi connectivity index (χ1n) is 9.64. The van der Waals surface area contributed by atoms with Crippen LogP contribution in [0.3, 0.4) is 0 Å². The van der Waals surface area contributed by atoms with Gasteiger partial charge in [-0.25, -0.2) is 4.98 Å². The van der Waals surface area contributed by atoms with Gasteiger partial charge in [0.05, 0.1) is 28.3 Å². The van der Waals surface area contributed by atoms with E-state index in [0.29, 0.717) is 28.3 Å². The van der Waals surface area contributed by atoms with Crippen LogP contribution < -0.4 is 15.4 Å². The number of carbonyl (C=O) groups excluding carboxylic acids is 2. The van der Waals surface area contributed by atoms with Crippen molar-refractivity contribution in [3.8, 4) is 11.4 Å². The van der Waals surface area contributed by atoms with E-state index >= 15 is 0 Å². The largest absolute Gasteiger partial charge is 0.494 e. The predicted octanol–water partition coefficient (Wildman–Crippen LogP) is 3.36. The van der Waals surface area contributed by atoms with Gasteiger partial charge in [0.2, 0.25) is 17.0 Å². The smallest absolute Gasteiger partial charge is 0.236 e. The average molecular weight is 470 g/mol. The van der Waals surface area contributed by atoms with Gasteiger partial charge in [0, 0.05) is 12.6 Å². The third-order valence-electron chi connectivity index (χ3n) is 4.12. The number of thiazole rings is 1. The van der Waals surface area contributed by atoms with Crippen LogP contribution in [-0.4, -0.2) is 49.4 Å². The molecule has 2 aromatic heterocycles. The number of rotatable bonds is 8. The molecular weight excluding hydrogens is 450 g/mol. The molecule has 0 aliphatic rings. The molecule has 2 amide bonds. The van der Waals surface area contributed by atoms with Gasteiger partial charge in [-0.15, -0.1) is 5.10 Å². The second kappa shape index (κ2) is 9.75. The van der Waals surface area contributed by atoms with Gasteiger partial charge < -0.3 is 15.4 Å². The topological polar surface area (TPSA) is 124 Å². The number of nitrogens with one attached hydrogen (secondary N) is 2. The number of hydrogen-bond donors (Lipinski definition) is 2. The molecule has 4 rings (SSSR count). The van der Waals surface area contributed by atoms with E-state index in [9.17, 15) is 9.59 Å². The molecule has 12 heteroatoms. The molecule has 4 aromatic rings. The molecule has 164 valence electrons. The van der Waals surface area contributed by atoms with E-state index < -0.39 is 0 Å². The second-order valence-electron chi connectivity index (χ2n) is 6.52. The minimum atomic E-state index is -0.213. The van der Waals surface area contributed by atoms with Crippen molar-refractivity contribution in [2.45, 2.75) is 19.0 Å². The lowest BCUT2D eigenvalue weighted by Gasteiger charge is -2.06. The average Bonchev–Trinajstić information content (AvgIpc) is 3.38.